The summed E-state index contributed by atoms with van der Waals surface area (Å²) in [5.41, 5.74) is 3.12. The Bertz CT molecular complexity index is 653. The number of nitrogens with zero attached hydrogens (tertiary/aromatic N) is 5. The van der Waals surface area contributed by atoms with Crippen LogP contribution in [0.25, 0.3) is 11.4 Å². The zero-order valence-corrected chi connectivity index (χ0v) is 14.7. The molecule has 0 radical (unpaired) electrons. The van der Waals surface area contributed by atoms with E-state index in [9.17, 15) is 0 Å². The molecular weight excluding hydrogens is 286 g/mol. The Hall–Kier alpha value is -1.75. The van der Waals surface area contributed by atoms with Crippen LogP contribution in [0.15, 0.2) is 18.3 Å². The summed E-state index contributed by atoms with van der Waals surface area (Å²) in [7, 11) is 0. The van der Waals surface area contributed by atoms with Crippen LogP contribution < -0.4 is 0 Å². The highest BCUT2D eigenvalue weighted by Gasteiger charge is 2.24. The second kappa shape index (κ2) is 6.79. The van der Waals surface area contributed by atoms with Gasteiger partial charge in [-0.1, -0.05) is 0 Å². The summed E-state index contributed by atoms with van der Waals surface area (Å²) in [5, 5.41) is 4.36. The van der Waals surface area contributed by atoms with E-state index in [1.807, 2.05) is 16.9 Å². The van der Waals surface area contributed by atoms with Crippen LogP contribution in [-0.4, -0.2) is 43.8 Å². The fraction of sp³-hybridized carbons (Fsp3) is 0.611. The van der Waals surface area contributed by atoms with Gasteiger partial charge in [-0.3, -0.25) is 4.68 Å². The van der Waals surface area contributed by atoms with Crippen molar-refractivity contribution >= 4 is 0 Å². The van der Waals surface area contributed by atoms with Gasteiger partial charge in [0.1, 0.15) is 5.82 Å². The first-order chi connectivity index (χ1) is 11.1. The van der Waals surface area contributed by atoms with Gasteiger partial charge in [-0.05, 0) is 65.8 Å². The Labute approximate surface area is 138 Å². The first-order valence-corrected chi connectivity index (χ1v) is 8.70. The maximum absolute atomic E-state index is 4.89. The molecule has 0 N–H and O–H groups in total. The number of rotatable bonds is 4. The van der Waals surface area contributed by atoms with E-state index >= 15 is 0 Å². The van der Waals surface area contributed by atoms with Gasteiger partial charge in [-0.25, -0.2) is 9.97 Å². The molecule has 124 valence electrons. The van der Waals surface area contributed by atoms with Gasteiger partial charge in [0, 0.05) is 30.4 Å². The van der Waals surface area contributed by atoms with Crippen LogP contribution in [0.5, 0.6) is 0 Å². The van der Waals surface area contributed by atoms with E-state index in [4.69, 9.17) is 9.97 Å². The van der Waals surface area contributed by atoms with E-state index < -0.39 is 0 Å². The van der Waals surface area contributed by atoms with Crippen molar-refractivity contribution in [2.45, 2.75) is 59.0 Å². The molecule has 3 rings (SSSR count). The number of aryl methyl sites for hydroxylation is 2. The SMILES string of the molecule is CCn1nccc1-c1cc(C)nc(C2CCN(C(C)C)CC2)n1. The molecule has 0 amide bonds. The van der Waals surface area contributed by atoms with Crippen LogP contribution in [0.1, 0.15) is 51.0 Å². The number of likely N-dealkylation sites (tertiary alicyclic amines) is 1. The molecule has 5 nitrogen and oxygen atoms in total. The first-order valence-electron chi connectivity index (χ1n) is 8.70. The van der Waals surface area contributed by atoms with Gasteiger partial charge in [-0.2, -0.15) is 5.10 Å². The maximum atomic E-state index is 4.89. The lowest BCUT2D eigenvalue weighted by molar-refractivity contribution is 0.169. The van der Waals surface area contributed by atoms with Crippen molar-refractivity contribution in [3.05, 3.63) is 29.8 Å². The molecule has 0 unspecified atom stereocenters. The molecule has 2 aromatic rings. The van der Waals surface area contributed by atoms with Crippen molar-refractivity contribution in [1.29, 1.82) is 0 Å². The highest BCUT2D eigenvalue weighted by atomic mass is 15.3. The molecule has 1 fully saturated rings. The normalized spacial score (nSPS) is 17.1. The molecular formula is C18H27N5. The number of aromatic nitrogens is 4. The Morgan fingerprint density at radius 3 is 2.61 bits per heavy atom. The van der Waals surface area contributed by atoms with E-state index in [0.717, 1.165) is 55.4 Å². The van der Waals surface area contributed by atoms with Gasteiger partial charge in [0.15, 0.2) is 0 Å². The molecule has 0 spiro atoms. The van der Waals surface area contributed by atoms with Gasteiger partial charge in [0.25, 0.3) is 0 Å². The fourth-order valence-corrected chi connectivity index (χ4v) is 3.38. The lowest BCUT2D eigenvalue weighted by Crippen LogP contribution is -2.38. The summed E-state index contributed by atoms with van der Waals surface area (Å²) in [6, 6.07) is 4.73. The zero-order valence-electron chi connectivity index (χ0n) is 14.7. The molecule has 23 heavy (non-hydrogen) atoms. The van der Waals surface area contributed by atoms with E-state index in [1.165, 1.54) is 0 Å². The molecule has 0 aromatic carbocycles. The van der Waals surface area contributed by atoms with Gasteiger partial charge in [0.2, 0.25) is 0 Å². The van der Waals surface area contributed by atoms with Gasteiger partial charge >= 0.3 is 0 Å². The smallest absolute Gasteiger partial charge is 0.132 e. The molecule has 1 saturated heterocycles. The standard InChI is InChI=1S/C18H27N5/c1-5-23-17(6-9-19-23)16-12-14(4)20-18(21-16)15-7-10-22(11-8-15)13(2)3/h6,9,12-13,15H,5,7-8,10-11H2,1-4H3. The average molecular weight is 313 g/mol. The highest BCUT2D eigenvalue weighted by Crippen LogP contribution is 2.28. The Morgan fingerprint density at radius 2 is 1.96 bits per heavy atom. The minimum absolute atomic E-state index is 0.474. The summed E-state index contributed by atoms with van der Waals surface area (Å²) < 4.78 is 1.99. The molecule has 1 aliphatic heterocycles. The minimum Gasteiger partial charge on any atom is -0.301 e. The molecule has 0 saturated carbocycles. The van der Waals surface area contributed by atoms with E-state index in [1.54, 1.807) is 0 Å². The summed E-state index contributed by atoms with van der Waals surface area (Å²) >= 11 is 0. The van der Waals surface area contributed by atoms with Crippen LogP contribution in [0.3, 0.4) is 0 Å². The summed E-state index contributed by atoms with van der Waals surface area (Å²) in [6.45, 7) is 11.8. The van der Waals surface area contributed by atoms with Crippen molar-refractivity contribution in [1.82, 2.24) is 24.6 Å². The third-order valence-corrected chi connectivity index (χ3v) is 4.78. The van der Waals surface area contributed by atoms with Gasteiger partial charge < -0.3 is 4.90 Å². The Kier molecular flexibility index (Phi) is 4.76. The van der Waals surface area contributed by atoms with E-state index in [2.05, 4.69) is 43.8 Å². The van der Waals surface area contributed by atoms with Crippen molar-refractivity contribution in [2.75, 3.05) is 13.1 Å². The molecule has 0 atom stereocenters. The van der Waals surface area contributed by atoms with Gasteiger partial charge in [-0.15, -0.1) is 0 Å². The second-order valence-electron chi connectivity index (χ2n) is 6.69. The molecule has 0 aliphatic carbocycles. The lowest BCUT2D eigenvalue weighted by atomic mass is 9.95. The summed E-state index contributed by atoms with van der Waals surface area (Å²) in [4.78, 5) is 12.2. The average Bonchev–Trinajstić information content (AvgIpc) is 3.03. The number of hydrogen-bond donors (Lipinski definition) is 0. The quantitative estimate of drug-likeness (QED) is 0.869. The molecule has 1 aliphatic rings. The van der Waals surface area contributed by atoms with Crippen LogP contribution in [0.4, 0.5) is 0 Å². The van der Waals surface area contributed by atoms with E-state index in [0.29, 0.717) is 12.0 Å². The highest BCUT2D eigenvalue weighted by molar-refractivity contribution is 5.54. The monoisotopic (exact) mass is 313 g/mol. The molecule has 5 heteroatoms. The summed E-state index contributed by atoms with van der Waals surface area (Å²) in [5.74, 6) is 1.48. The zero-order chi connectivity index (χ0) is 16.4. The third-order valence-electron chi connectivity index (χ3n) is 4.78. The van der Waals surface area contributed by atoms with Crippen molar-refractivity contribution in [2.24, 2.45) is 0 Å². The lowest BCUT2D eigenvalue weighted by Gasteiger charge is -2.34. The molecule has 2 aromatic heterocycles. The minimum atomic E-state index is 0.474. The molecule has 3 heterocycles. The van der Waals surface area contributed by atoms with Gasteiger partial charge in [0.05, 0.1) is 11.4 Å². The second-order valence-corrected chi connectivity index (χ2v) is 6.69. The maximum Gasteiger partial charge on any atom is 0.132 e. The van der Waals surface area contributed by atoms with Crippen LogP contribution in [0, 0.1) is 6.92 Å². The third kappa shape index (κ3) is 3.44. The Morgan fingerprint density at radius 1 is 1.22 bits per heavy atom. The predicted molar refractivity (Wildman–Crippen MR) is 92.3 cm³/mol. The van der Waals surface area contributed by atoms with E-state index in [-0.39, 0.29) is 0 Å². The van der Waals surface area contributed by atoms with Crippen LogP contribution in [0.2, 0.25) is 0 Å². The predicted octanol–water partition coefficient (Wildman–Crippen LogP) is 3.26. The Balaban J connectivity index is 1.84. The van der Waals surface area contributed by atoms with Crippen LogP contribution in [-0.2, 0) is 6.54 Å². The number of piperidine rings is 1. The first kappa shape index (κ1) is 16.1. The van der Waals surface area contributed by atoms with Crippen molar-refractivity contribution in [3.63, 3.8) is 0 Å². The summed E-state index contributed by atoms with van der Waals surface area (Å²) in [6.07, 6.45) is 4.14. The number of hydrogen-bond acceptors (Lipinski definition) is 4. The van der Waals surface area contributed by atoms with Crippen LogP contribution >= 0.6 is 0 Å². The fourth-order valence-electron chi connectivity index (χ4n) is 3.38. The topological polar surface area (TPSA) is 46.8 Å². The van der Waals surface area contributed by atoms with Crippen molar-refractivity contribution < 1.29 is 0 Å². The molecule has 0 bridgehead atoms. The largest absolute Gasteiger partial charge is 0.301 e. The van der Waals surface area contributed by atoms with Crippen molar-refractivity contribution in [3.8, 4) is 11.4 Å².